The van der Waals surface area contributed by atoms with E-state index in [0.717, 1.165) is 17.1 Å². The normalized spacial score (nSPS) is 13.5. The van der Waals surface area contributed by atoms with Crippen LogP contribution in [-0.2, 0) is 6.54 Å². The van der Waals surface area contributed by atoms with Crippen LogP contribution in [0, 0.1) is 0 Å². The molecule has 3 aromatic rings. The summed E-state index contributed by atoms with van der Waals surface area (Å²) in [5.41, 5.74) is 3.04. The number of pyridine rings is 1. The molecule has 2 heterocycles. The zero-order valence-corrected chi connectivity index (χ0v) is 21.5. The number of piperazine rings is 1. The van der Waals surface area contributed by atoms with Crippen molar-refractivity contribution < 1.29 is 14.7 Å². The Morgan fingerprint density at radius 3 is 2.27 bits per heavy atom. The van der Waals surface area contributed by atoms with E-state index in [1.165, 1.54) is 0 Å². The fraction of sp³-hybridized carbons (Fsp3) is 0.345. The van der Waals surface area contributed by atoms with E-state index in [9.17, 15) is 14.7 Å². The van der Waals surface area contributed by atoms with Crippen LogP contribution in [0.2, 0.25) is 0 Å². The van der Waals surface area contributed by atoms with Crippen molar-refractivity contribution in [3.63, 3.8) is 0 Å². The molecule has 1 aromatic heterocycles. The highest BCUT2D eigenvalue weighted by Crippen LogP contribution is 2.25. The van der Waals surface area contributed by atoms with Gasteiger partial charge in [-0.25, -0.2) is 4.98 Å². The van der Waals surface area contributed by atoms with E-state index in [1.54, 1.807) is 35.4 Å². The lowest BCUT2D eigenvalue weighted by atomic mass is 10.1. The SMILES string of the molecule is CC(C)Nc1cccnc1N1CCN(C(=O)c2ccc(C(=O)N(CCO)Cc3ccccc3)cc2)CC1. The van der Waals surface area contributed by atoms with Crippen molar-refractivity contribution in [2.45, 2.75) is 26.4 Å². The van der Waals surface area contributed by atoms with Gasteiger partial charge in [0.15, 0.2) is 5.82 Å². The van der Waals surface area contributed by atoms with Crippen LogP contribution < -0.4 is 10.2 Å². The summed E-state index contributed by atoms with van der Waals surface area (Å²) >= 11 is 0. The van der Waals surface area contributed by atoms with Crippen LogP contribution in [0.3, 0.4) is 0 Å². The van der Waals surface area contributed by atoms with Crippen molar-refractivity contribution >= 4 is 23.3 Å². The van der Waals surface area contributed by atoms with Crippen LogP contribution in [0.4, 0.5) is 11.5 Å². The van der Waals surface area contributed by atoms with Gasteiger partial charge in [0.05, 0.1) is 12.3 Å². The molecule has 8 heteroatoms. The van der Waals surface area contributed by atoms with Gasteiger partial charge in [-0.2, -0.15) is 0 Å². The molecule has 4 rings (SSSR count). The van der Waals surface area contributed by atoms with E-state index in [-0.39, 0.29) is 25.0 Å². The molecule has 0 atom stereocenters. The van der Waals surface area contributed by atoms with Crippen molar-refractivity contribution in [1.82, 2.24) is 14.8 Å². The highest BCUT2D eigenvalue weighted by atomic mass is 16.3. The summed E-state index contributed by atoms with van der Waals surface area (Å²) in [6.07, 6.45) is 1.79. The van der Waals surface area contributed by atoms with Gasteiger partial charge in [0.25, 0.3) is 11.8 Å². The summed E-state index contributed by atoms with van der Waals surface area (Å²) in [6, 6.07) is 20.8. The fourth-order valence-corrected chi connectivity index (χ4v) is 4.49. The van der Waals surface area contributed by atoms with Gasteiger partial charge >= 0.3 is 0 Å². The smallest absolute Gasteiger partial charge is 0.254 e. The molecule has 1 saturated heterocycles. The number of carbonyl (C=O) groups excluding carboxylic acids is 2. The van der Waals surface area contributed by atoms with E-state index >= 15 is 0 Å². The number of carbonyl (C=O) groups is 2. The molecule has 2 N–H and O–H groups in total. The molecule has 1 fully saturated rings. The highest BCUT2D eigenvalue weighted by molar-refractivity contribution is 5.98. The molecule has 0 unspecified atom stereocenters. The standard InChI is InChI=1S/C29H35N5O3/c1-22(2)31-26-9-6-14-30-27(26)32-15-17-33(18-16-32)28(36)24-10-12-25(13-11-24)29(37)34(19-20-35)21-23-7-4-3-5-8-23/h3-14,22,31,35H,15-21H2,1-2H3. The third-order valence-corrected chi connectivity index (χ3v) is 6.35. The van der Waals surface area contributed by atoms with Gasteiger partial charge in [-0.1, -0.05) is 30.3 Å². The Hall–Kier alpha value is -3.91. The first kappa shape index (κ1) is 26.2. The Bertz CT molecular complexity index is 1180. The van der Waals surface area contributed by atoms with Gasteiger partial charge in [-0.05, 0) is 55.8 Å². The summed E-state index contributed by atoms with van der Waals surface area (Å²) in [5.74, 6) is 0.692. The van der Waals surface area contributed by atoms with E-state index in [0.29, 0.717) is 49.9 Å². The van der Waals surface area contributed by atoms with Crippen LogP contribution in [0.25, 0.3) is 0 Å². The van der Waals surface area contributed by atoms with Crippen molar-refractivity contribution in [3.8, 4) is 0 Å². The Balaban J connectivity index is 1.37. The number of aliphatic hydroxyl groups excluding tert-OH is 1. The number of nitrogens with zero attached hydrogens (tertiary/aromatic N) is 4. The highest BCUT2D eigenvalue weighted by Gasteiger charge is 2.25. The maximum absolute atomic E-state index is 13.2. The summed E-state index contributed by atoms with van der Waals surface area (Å²) in [7, 11) is 0. The minimum atomic E-state index is -0.174. The van der Waals surface area contributed by atoms with Gasteiger partial charge in [-0.15, -0.1) is 0 Å². The van der Waals surface area contributed by atoms with Crippen LogP contribution in [-0.4, -0.2) is 77.1 Å². The maximum atomic E-state index is 13.2. The second-order valence-corrected chi connectivity index (χ2v) is 9.47. The summed E-state index contributed by atoms with van der Waals surface area (Å²) in [4.78, 5) is 36.5. The molecule has 1 aliphatic heterocycles. The monoisotopic (exact) mass is 501 g/mol. The molecule has 1 aliphatic rings. The lowest BCUT2D eigenvalue weighted by molar-refractivity contribution is 0.0705. The molecular formula is C29H35N5O3. The maximum Gasteiger partial charge on any atom is 0.254 e. The number of rotatable bonds is 9. The number of amides is 2. The molecule has 0 spiro atoms. The number of anilines is 2. The van der Waals surface area contributed by atoms with Crippen molar-refractivity contribution in [2.75, 3.05) is 49.5 Å². The lowest BCUT2D eigenvalue weighted by Crippen LogP contribution is -2.49. The third kappa shape index (κ3) is 6.65. The second kappa shape index (κ2) is 12.4. The molecule has 0 saturated carbocycles. The van der Waals surface area contributed by atoms with E-state index in [4.69, 9.17) is 0 Å². The van der Waals surface area contributed by atoms with Crippen LogP contribution in [0.15, 0.2) is 72.9 Å². The molecule has 194 valence electrons. The number of aliphatic hydroxyl groups is 1. The average molecular weight is 502 g/mol. The predicted octanol–water partition coefficient (Wildman–Crippen LogP) is 3.50. The topological polar surface area (TPSA) is 89.0 Å². The molecule has 0 aliphatic carbocycles. The number of aromatic nitrogens is 1. The largest absolute Gasteiger partial charge is 0.395 e. The lowest BCUT2D eigenvalue weighted by Gasteiger charge is -2.36. The first-order valence-corrected chi connectivity index (χ1v) is 12.8. The Kier molecular flexibility index (Phi) is 8.74. The van der Waals surface area contributed by atoms with Crippen molar-refractivity contribution in [1.29, 1.82) is 0 Å². The van der Waals surface area contributed by atoms with Crippen LogP contribution >= 0.6 is 0 Å². The van der Waals surface area contributed by atoms with Crippen LogP contribution in [0.5, 0.6) is 0 Å². The predicted molar refractivity (Wildman–Crippen MR) is 146 cm³/mol. The second-order valence-electron chi connectivity index (χ2n) is 9.47. The molecule has 2 amide bonds. The minimum Gasteiger partial charge on any atom is -0.395 e. The van der Waals surface area contributed by atoms with Gasteiger partial charge in [-0.3, -0.25) is 9.59 Å². The first-order chi connectivity index (χ1) is 18.0. The first-order valence-electron chi connectivity index (χ1n) is 12.8. The molecule has 2 aromatic carbocycles. The summed E-state index contributed by atoms with van der Waals surface area (Å²) in [5, 5.41) is 12.9. The molecule has 37 heavy (non-hydrogen) atoms. The Morgan fingerprint density at radius 2 is 1.62 bits per heavy atom. The quantitative estimate of drug-likeness (QED) is 0.467. The Labute approximate surface area is 218 Å². The van der Waals surface area contributed by atoms with Crippen LogP contribution in [0.1, 0.15) is 40.1 Å². The number of benzene rings is 2. The molecule has 8 nitrogen and oxygen atoms in total. The van der Waals surface area contributed by atoms with E-state index in [2.05, 4.69) is 29.0 Å². The molecular weight excluding hydrogens is 466 g/mol. The van der Waals surface area contributed by atoms with Crippen molar-refractivity contribution in [3.05, 3.63) is 89.6 Å². The number of hydrogen-bond donors (Lipinski definition) is 2. The van der Waals surface area contributed by atoms with Gasteiger partial charge in [0.2, 0.25) is 0 Å². The number of hydrogen-bond acceptors (Lipinski definition) is 6. The van der Waals surface area contributed by atoms with Gasteiger partial charge in [0.1, 0.15) is 0 Å². The minimum absolute atomic E-state index is 0.0447. The summed E-state index contributed by atoms with van der Waals surface area (Å²) < 4.78 is 0. The zero-order chi connectivity index (χ0) is 26.2. The van der Waals surface area contributed by atoms with Gasteiger partial charge < -0.3 is 25.1 Å². The van der Waals surface area contributed by atoms with Crippen molar-refractivity contribution in [2.24, 2.45) is 0 Å². The molecule has 0 radical (unpaired) electrons. The van der Waals surface area contributed by atoms with E-state index < -0.39 is 0 Å². The van der Waals surface area contributed by atoms with E-state index in [1.807, 2.05) is 47.4 Å². The average Bonchev–Trinajstić information content (AvgIpc) is 2.93. The summed E-state index contributed by atoms with van der Waals surface area (Å²) in [6.45, 7) is 7.31. The Morgan fingerprint density at radius 1 is 0.946 bits per heavy atom. The molecule has 0 bridgehead atoms. The third-order valence-electron chi connectivity index (χ3n) is 6.35. The fourth-order valence-electron chi connectivity index (χ4n) is 4.49. The van der Waals surface area contributed by atoms with Gasteiger partial charge in [0, 0.05) is 62.6 Å². The number of nitrogens with one attached hydrogen (secondary N) is 1. The zero-order valence-electron chi connectivity index (χ0n) is 21.5.